The standard InChI is InChI=1S/C19H16N2O5/c1-3-24-19(23)16-10(2)25-18(21)13(9-20)17(16)12-8-15(22)26-14-7-5-4-6-11(12)14/h4-8,17H,3,21H2,1-2H3. The van der Waals surface area contributed by atoms with Crippen LogP contribution in [0.2, 0.25) is 0 Å². The van der Waals surface area contributed by atoms with E-state index in [1.807, 2.05) is 6.07 Å². The van der Waals surface area contributed by atoms with Crippen molar-refractivity contribution in [2.75, 3.05) is 6.61 Å². The highest BCUT2D eigenvalue weighted by molar-refractivity contribution is 5.94. The molecule has 0 saturated carbocycles. The lowest BCUT2D eigenvalue weighted by atomic mass is 9.82. The number of benzene rings is 1. The van der Waals surface area contributed by atoms with Crippen molar-refractivity contribution in [3.05, 3.63) is 69.1 Å². The number of rotatable bonds is 3. The molecule has 2 aromatic rings. The molecule has 0 spiro atoms. The Morgan fingerprint density at radius 1 is 1.38 bits per heavy atom. The molecule has 2 heterocycles. The largest absolute Gasteiger partial charge is 0.463 e. The fraction of sp³-hybridized carbons (Fsp3) is 0.211. The van der Waals surface area contributed by atoms with Gasteiger partial charge in [0.1, 0.15) is 23.0 Å². The topological polar surface area (TPSA) is 116 Å². The lowest BCUT2D eigenvalue weighted by molar-refractivity contribution is -0.139. The van der Waals surface area contributed by atoms with Gasteiger partial charge in [0.05, 0.1) is 18.1 Å². The van der Waals surface area contributed by atoms with Gasteiger partial charge in [-0.25, -0.2) is 9.59 Å². The van der Waals surface area contributed by atoms with Crippen LogP contribution in [-0.4, -0.2) is 12.6 Å². The number of fused-ring (bicyclic) bond motifs is 1. The number of nitriles is 1. The van der Waals surface area contributed by atoms with E-state index in [1.165, 1.54) is 6.07 Å². The SMILES string of the molecule is CCOC(=O)C1=C(C)OC(N)=C(C#N)C1c1cc(=O)oc2ccccc12. The van der Waals surface area contributed by atoms with E-state index in [0.717, 1.165) is 0 Å². The Balaban J connectivity index is 2.34. The number of nitrogens with two attached hydrogens (primary N) is 1. The van der Waals surface area contributed by atoms with E-state index in [0.29, 0.717) is 16.5 Å². The molecule has 0 aliphatic carbocycles. The van der Waals surface area contributed by atoms with Gasteiger partial charge in [-0.15, -0.1) is 0 Å². The van der Waals surface area contributed by atoms with Gasteiger partial charge in [-0.3, -0.25) is 0 Å². The fourth-order valence-electron chi connectivity index (χ4n) is 3.04. The maximum Gasteiger partial charge on any atom is 0.338 e. The second-order valence-electron chi connectivity index (χ2n) is 5.63. The highest BCUT2D eigenvalue weighted by atomic mass is 16.5. The average molecular weight is 352 g/mol. The number of ether oxygens (including phenoxy) is 2. The number of hydrogen-bond donors (Lipinski definition) is 1. The van der Waals surface area contributed by atoms with Gasteiger partial charge in [0.15, 0.2) is 0 Å². The Labute approximate surface area is 148 Å². The predicted molar refractivity (Wildman–Crippen MR) is 92.5 cm³/mol. The number of nitrogens with zero attached hydrogens (tertiary/aromatic N) is 1. The van der Waals surface area contributed by atoms with Gasteiger partial charge in [0, 0.05) is 11.5 Å². The van der Waals surface area contributed by atoms with Gasteiger partial charge in [0.25, 0.3) is 0 Å². The zero-order valence-corrected chi connectivity index (χ0v) is 14.2. The second-order valence-corrected chi connectivity index (χ2v) is 5.63. The Morgan fingerprint density at radius 2 is 2.12 bits per heavy atom. The van der Waals surface area contributed by atoms with Crippen molar-refractivity contribution in [3.63, 3.8) is 0 Å². The van der Waals surface area contributed by atoms with Crippen LogP contribution in [0.5, 0.6) is 0 Å². The highest BCUT2D eigenvalue weighted by Crippen LogP contribution is 2.41. The van der Waals surface area contributed by atoms with Crippen molar-refractivity contribution in [1.29, 1.82) is 5.26 Å². The van der Waals surface area contributed by atoms with Crippen LogP contribution >= 0.6 is 0 Å². The van der Waals surface area contributed by atoms with Crippen LogP contribution in [0.1, 0.15) is 25.3 Å². The molecule has 0 fully saturated rings. The molecule has 26 heavy (non-hydrogen) atoms. The molecule has 7 nitrogen and oxygen atoms in total. The Kier molecular flexibility index (Phi) is 4.50. The normalized spacial score (nSPS) is 17.0. The summed E-state index contributed by atoms with van der Waals surface area (Å²) in [6.45, 7) is 3.39. The van der Waals surface area contributed by atoms with E-state index >= 15 is 0 Å². The molecule has 1 aliphatic heterocycles. The van der Waals surface area contributed by atoms with Crippen LogP contribution in [-0.2, 0) is 14.3 Å². The summed E-state index contributed by atoms with van der Waals surface area (Å²) in [6.07, 6.45) is 0. The third-order valence-electron chi connectivity index (χ3n) is 4.09. The van der Waals surface area contributed by atoms with Crippen molar-refractivity contribution in [1.82, 2.24) is 0 Å². The minimum atomic E-state index is -0.887. The molecule has 0 bridgehead atoms. The lowest BCUT2D eigenvalue weighted by Crippen LogP contribution is -2.26. The number of carbonyl (C=O) groups is 1. The van der Waals surface area contributed by atoms with E-state index < -0.39 is 17.5 Å². The van der Waals surface area contributed by atoms with E-state index in [4.69, 9.17) is 19.6 Å². The van der Waals surface area contributed by atoms with Gasteiger partial charge < -0.3 is 19.6 Å². The first-order valence-corrected chi connectivity index (χ1v) is 7.96. The first-order valence-electron chi connectivity index (χ1n) is 7.96. The zero-order chi connectivity index (χ0) is 18.8. The molecule has 0 saturated heterocycles. The number of carbonyl (C=O) groups excluding carboxylic acids is 1. The van der Waals surface area contributed by atoms with Crippen LogP contribution in [0.4, 0.5) is 0 Å². The summed E-state index contributed by atoms with van der Waals surface area (Å²) in [5.41, 5.74) is 6.22. The first kappa shape index (κ1) is 17.3. The van der Waals surface area contributed by atoms with Crippen LogP contribution in [0.3, 0.4) is 0 Å². The smallest absolute Gasteiger partial charge is 0.338 e. The monoisotopic (exact) mass is 352 g/mol. The van der Waals surface area contributed by atoms with E-state index in [2.05, 4.69) is 0 Å². The molecule has 7 heteroatoms. The number of allylic oxidation sites excluding steroid dienone is 2. The number of hydrogen-bond acceptors (Lipinski definition) is 7. The molecule has 1 aromatic heterocycles. The summed E-state index contributed by atoms with van der Waals surface area (Å²) in [5.74, 6) is -1.41. The van der Waals surface area contributed by atoms with Crippen LogP contribution < -0.4 is 11.4 Å². The Hall–Kier alpha value is -3.53. The molecule has 1 atom stereocenters. The minimum absolute atomic E-state index is 0.0365. The molecule has 2 N–H and O–H groups in total. The first-order chi connectivity index (χ1) is 12.5. The number of esters is 1. The second kappa shape index (κ2) is 6.76. The van der Waals surface area contributed by atoms with Gasteiger partial charge in [-0.1, -0.05) is 18.2 Å². The molecule has 1 aliphatic rings. The zero-order valence-electron chi connectivity index (χ0n) is 14.2. The van der Waals surface area contributed by atoms with Gasteiger partial charge >= 0.3 is 11.6 Å². The summed E-state index contributed by atoms with van der Waals surface area (Å²) < 4.78 is 15.7. The van der Waals surface area contributed by atoms with Gasteiger partial charge in [0.2, 0.25) is 5.88 Å². The number of para-hydroxylation sites is 1. The van der Waals surface area contributed by atoms with Crippen molar-refractivity contribution in [3.8, 4) is 6.07 Å². The van der Waals surface area contributed by atoms with Crippen molar-refractivity contribution in [2.24, 2.45) is 5.73 Å². The summed E-state index contributed by atoms with van der Waals surface area (Å²) in [4.78, 5) is 24.6. The molecule has 1 aromatic carbocycles. The van der Waals surface area contributed by atoms with E-state index in [1.54, 1.807) is 38.1 Å². The highest BCUT2D eigenvalue weighted by Gasteiger charge is 2.37. The summed E-state index contributed by atoms with van der Waals surface area (Å²) in [5, 5.41) is 10.2. The molecular formula is C19H16N2O5. The average Bonchev–Trinajstić information content (AvgIpc) is 2.60. The maximum absolute atomic E-state index is 12.5. The van der Waals surface area contributed by atoms with Crippen molar-refractivity contribution >= 4 is 16.9 Å². The van der Waals surface area contributed by atoms with Crippen molar-refractivity contribution in [2.45, 2.75) is 19.8 Å². The third-order valence-corrected chi connectivity index (χ3v) is 4.09. The van der Waals surface area contributed by atoms with Gasteiger partial charge in [-0.05, 0) is 25.5 Å². The quantitative estimate of drug-likeness (QED) is 0.666. The third kappa shape index (κ3) is 2.82. The van der Waals surface area contributed by atoms with Crippen molar-refractivity contribution < 1.29 is 18.7 Å². The lowest BCUT2D eigenvalue weighted by Gasteiger charge is -2.27. The van der Waals surface area contributed by atoms with E-state index in [9.17, 15) is 14.9 Å². The van der Waals surface area contributed by atoms with Crippen LogP contribution in [0.25, 0.3) is 11.0 Å². The molecule has 0 radical (unpaired) electrons. The maximum atomic E-state index is 12.5. The van der Waals surface area contributed by atoms with Crippen LogP contribution in [0, 0.1) is 11.3 Å². The fourth-order valence-corrected chi connectivity index (χ4v) is 3.04. The molecule has 0 amide bonds. The van der Waals surface area contributed by atoms with Crippen LogP contribution in [0.15, 0.2) is 62.3 Å². The molecule has 3 rings (SSSR count). The predicted octanol–water partition coefficient (Wildman–Crippen LogP) is 2.44. The van der Waals surface area contributed by atoms with E-state index in [-0.39, 0.29) is 29.4 Å². The summed E-state index contributed by atoms with van der Waals surface area (Å²) in [6, 6.07) is 10.1. The Bertz CT molecular complexity index is 1060. The summed E-state index contributed by atoms with van der Waals surface area (Å²) >= 11 is 0. The summed E-state index contributed by atoms with van der Waals surface area (Å²) in [7, 11) is 0. The van der Waals surface area contributed by atoms with Gasteiger partial charge in [-0.2, -0.15) is 5.26 Å². The molecule has 1 unspecified atom stereocenters. The molecule has 132 valence electrons. The molecular weight excluding hydrogens is 336 g/mol. The Morgan fingerprint density at radius 3 is 2.81 bits per heavy atom. The minimum Gasteiger partial charge on any atom is -0.463 e.